The zero-order valence-corrected chi connectivity index (χ0v) is 18.5. The van der Waals surface area contributed by atoms with E-state index in [0.29, 0.717) is 39.1 Å². The molecule has 0 aliphatic carbocycles. The number of H-pyrrole nitrogens is 1. The molecule has 3 heterocycles. The second-order valence-corrected chi connectivity index (χ2v) is 8.17. The van der Waals surface area contributed by atoms with Crippen LogP contribution in [-0.4, -0.2) is 42.1 Å². The largest absolute Gasteiger partial charge is 0.355 e. The van der Waals surface area contributed by atoms with Crippen molar-refractivity contribution in [2.45, 2.75) is 25.9 Å². The summed E-state index contributed by atoms with van der Waals surface area (Å²) in [5.74, 6) is -0.258. The van der Waals surface area contributed by atoms with Crippen molar-refractivity contribution in [1.82, 2.24) is 24.7 Å². The number of thioether (sulfide) groups is 1. The van der Waals surface area contributed by atoms with E-state index < -0.39 is 5.82 Å². The molecule has 7 nitrogen and oxygen atoms in total. The van der Waals surface area contributed by atoms with Gasteiger partial charge < -0.3 is 4.98 Å². The molecule has 0 aliphatic heterocycles. The molecule has 32 heavy (non-hydrogen) atoms. The number of aromatic amines is 1. The number of carbonyl (C=O) groups is 2. The Morgan fingerprint density at radius 2 is 1.91 bits per heavy atom. The van der Waals surface area contributed by atoms with Crippen LogP contribution >= 0.6 is 11.8 Å². The topological polar surface area (TPSA) is 93.5 Å². The second kappa shape index (κ2) is 8.88. The highest BCUT2D eigenvalue weighted by molar-refractivity contribution is 7.99. The Hall–Kier alpha value is -3.59. The van der Waals surface area contributed by atoms with Crippen molar-refractivity contribution in [3.05, 3.63) is 77.1 Å². The van der Waals surface area contributed by atoms with Gasteiger partial charge in [0.1, 0.15) is 5.82 Å². The van der Waals surface area contributed by atoms with Crippen LogP contribution in [0.25, 0.3) is 17.1 Å². The number of hydrogen-bond donors (Lipinski definition) is 1. The number of para-hydroxylation sites is 1. The third-order valence-electron chi connectivity index (χ3n) is 5.05. The number of carbonyl (C=O) groups excluding carboxylic acids is 2. The molecule has 0 unspecified atom stereocenters. The normalized spacial score (nSPS) is 11.0. The van der Waals surface area contributed by atoms with Crippen molar-refractivity contribution in [3.8, 4) is 17.1 Å². The van der Waals surface area contributed by atoms with Gasteiger partial charge in [0.05, 0.1) is 17.1 Å². The predicted molar refractivity (Wildman–Crippen MR) is 120 cm³/mol. The van der Waals surface area contributed by atoms with Crippen molar-refractivity contribution < 1.29 is 14.0 Å². The van der Waals surface area contributed by atoms with E-state index in [1.807, 2.05) is 6.07 Å². The first-order valence-electron chi connectivity index (χ1n) is 9.85. The first-order chi connectivity index (χ1) is 15.4. The number of nitrogens with zero attached hydrogens (tertiary/aromatic N) is 4. The zero-order chi connectivity index (χ0) is 22.8. The Bertz CT molecular complexity index is 1310. The zero-order valence-electron chi connectivity index (χ0n) is 17.7. The molecule has 4 rings (SSSR count). The van der Waals surface area contributed by atoms with Gasteiger partial charge in [-0.2, -0.15) is 0 Å². The van der Waals surface area contributed by atoms with Gasteiger partial charge >= 0.3 is 0 Å². The van der Waals surface area contributed by atoms with Crippen LogP contribution in [0.2, 0.25) is 0 Å². The summed E-state index contributed by atoms with van der Waals surface area (Å²) in [4.78, 5) is 31.9. The van der Waals surface area contributed by atoms with E-state index in [1.165, 1.54) is 13.0 Å². The van der Waals surface area contributed by atoms with Gasteiger partial charge in [0.25, 0.3) is 0 Å². The molecule has 0 fully saturated rings. The first-order valence-corrected chi connectivity index (χ1v) is 10.8. The Morgan fingerprint density at radius 3 is 2.56 bits per heavy atom. The summed E-state index contributed by atoms with van der Waals surface area (Å²) in [5, 5.41) is 8.82. The number of benzene rings is 1. The van der Waals surface area contributed by atoms with Gasteiger partial charge in [-0.05, 0) is 50.6 Å². The quantitative estimate of drug-likeness (QED) is 0.328. The second-order valence-electron chi connectivity index (χ2n) is 7.23. The summed E-state index contributed by atoms with van der Waals surface area (Å²) in [6.07, 6.45) is 3.26. The van der Waals surface area contributed by atoms with Crippen LogP contribution < -0.4 is 0 Å². The van der Waals surface area contributed by atoms with Crippen molar-refractivity contribution in [1.29, 1.82) is 0 Å². The highest BCUT2D eigenvalue weighted by Crippen LogP contribution is 2.29. The van der Waals surface area contributed by atoms with Crippen LogP contribution in [0.3, 0.4) is 0 Å². The average Bonchev–Trinajstić information content (AvgIpc) is 3.33. The third-order valence-corrected chi connectivity index (χ3v) is 5.98. The van der Waals surface area contributed by atoms with E-state index in [9.17, 15) is 14.0 Å². The molecule has 0 amide bonds. The van der Waals surface area contributed by atoms with Crippen molar-refractivity contribution in [3.63, 3.8) is 0 Å². The Kier molecular flexibility index (Phi) is 6.00. The molecule has 0 saturated carbocycles. The molecule has 4 aromatic rings. The molecule has 0 radical (unpaired) electrons. The summed E-state index contributed by atoms with van der Waals surface area (Å²) < 4.78 is 16.2. The van der Waals surface area contributed by atoms with E-state index in [-0.39, 0.29) is 23.0 Å². The van der Waals surface area contributed by atoms with Gasteiger partial charge in [-0.25, -0.2) is 4.39 Å². The Morgan fingerprint density at radius 1 is 1.12 bits per heavy atom. The summed E-state index contributed by atoms with van der Waals surface area (Å²) in [5.41, 5.74) is 3.17. The molecule has 0 bridgehead atoms. The number of pyridine rings is 1. The molecule has 3 aromatic heterocycles. The Balaban J connectivity index is 1.69. The molecule has 0 saturated heterocycles. The number of hydrogen-bond acceptors (Lipinski definition) is 6. The minimum atomic E-state index is -0.437. The van der Waals surface area contributed by atoms with Gasteiger partial charge in [-0.3, -0.25) is 19.1 Å². The standard InChI is InChI=1S/C23H20FN5O2S/c1-13-20(15(3)30)14(2)26-21(13)19(31)12-32-23-28-27-22(16-7-6-10-25-11-16)29(23)18-9-5-4-8-17(18)24/h4-11,26H,12H2,1-3H3. The van der Waals surface area contributed by atoms with Crippen molar-refractivity contribution >= 4 is 23.3 Å². The molecule has 0 spiro atoms. The van der Waals surface area contributed by atoms with Crippen molar-refractivity contribution in [2.75, 3.05) is 5.75 Å². The maximum atomic E-state index is 14.7. The van der Waals surface area contributed by atoms with Gasteiger partial charge in [0, 0.05) is 29.2 Å². The molecule has 0 atom stereocenters. The summed E-state index contributed by atoms with van der Waals surface area (Å²) in [6.45, 7) is 4.99. The molecule has 1 N–H and O–H groups in total. The lowest BCUT2D eigenvalue weighted by atomic mass is 10.1. The van der Waals surface area contributed by atoms with Crippen LogP contribution in [0.5, 0.6) is 0 Å². The third kappa shape index (κ3) is 3.99. The number of aryl methyl sites for hydroxylation is 1. The van der Waals surface area contributed by atoms with Crippen LogP contribution in [0.4, 0.5) is 4.39 Å². The highest BCUT2D eigenvalue weighted by Gasteiger charge is 2.23. The fourth-order valence-corrected chi connectivity index (χ4v) is 4.47. The lowest BCUT2D eigenvalue weighted by Gasteiger charge is -2.11. The highest BCUT2D eigenvalue weighted by atomic mass is 32.2. The van der Waals surface area contributed by atoms with Gasteiger partial charge in [0.2, 0.25) is 0 Å². The van der Waals surface area contributed by atoms with E-state index >= 15 is 0 Å². The number of rotatable bonds is 7. The summed E-state index contributed by atoms with van der Waals surface area (Å²) >= 11 is 1.15. The number of halogens is 1. The van der Waals surface area contributed by atoms with Crippen LogP contribution in [0, 0.1) is 19.7 Å². The monoisotopic (exact) mass is 449 g/mol. The number of nitrogens with one attached hydrogen (secondary N) is 1. The van der Waals surface area contributed by atoms with Gasteiger partial charge in [0.15, 0.2) is 22.5 Å². The maximum Gasteiger partial charge on any atom is 0.196 e. The average molecular weight is 450 g/mol. The smallest absolute Gasteiger partial charge is 0.196 e. The predicted octanol–water partition coefficient (Wildman–Crippen LogP) is 4.59. The maximum absolute atomic E-state index is 14.7. The fourth-order valence-electron chi connectivity index (χ4n) is 3.65. The molecule has 9 heteroatoms. The minimum absolute atomic E-state index is 0.0394. The number of Topliss-reactive ketones (excluding diaryl/α,β-unsaturated/α-hetero) is 2. The minimum Gasteiger partial charge on any atom is -0.355 e. The lowest BCUT2D eigenvalue weighted by molar-refractivity contribution is 0.101. The van der Waals surface area contributed by atoms with Crippen LogP contribution in [0.15, 0.2) is 53.9 Å². The van der Waals surface area contributed by atoms with Crippen LogP contribution in [-0.2, 0) is 0 Å². The molecular formula is C23H20FN5O2S. The first kappa shape index (κ1) is 21.6. The fraction of sp³-hybridized carbons (Fsp3) is 0.174. The van der Waals surface area contributed by atoms with E-state index in [2.05, 4.69) is 20.2 Å². The SMILES string of the molecule is CC(=O)c1c(C)[nH]c(C(=O)CSc2nnc(-c3cccnc3)n2-c2ccccc2F)c1C. The van der Waals surface area contributed by atoms with E-state index in [1.54, 1.807) is 55.1 Å². The van der Waals surface area contributed by atoms with Crippen LogP contribution in [0.1, 0.15) is 39.0 Å². The Labute approximate surface area is 188 Å². The lowest BCUT2D eigenvalue weighted by Crippen LogP contribution is -2.08. The summed E-state index contributed by atoms with van der Waals surface area (Å²) in [7, 11) is 0. The number of aromatic nitrogens is 5. The van der Waals surface area contributed by atoms with E-state index in [0.717, 1.165) is 11.8 Å². The summed E-state index contributed by atoms with van der Waals surface area (Å²) in [6, 6.07) is 9.88. The molecule has 162 valence electrons. The van der Waals surface area contributed by atoms with E-state index in [4.69, 9.17) is 0 Å². The molecular weight excluding hydrogens is 429 g/mol. The molecule has 0 aliphatic rings. The van der Waals surface area contributed by atoms with Gasteiger partial charge in [-0.15, -0.1) is 10.2 Å². The number of ketones is 2. The molecule has 1 aromatic carbocycles. The van der Waals surface area contributed by atoms with Gasteiger partial charge in [-0.1, -0.05) is 23.9 Å². The van der Waals surface area contributed by atoms with Crippen molar-refractivity contribution in [2.24, 2.45) is 0 Å².